The fourth-order valence-electron chi connectivity index (χ4n) is 4.06. The van der Waals surface area contributed by atoms with Crippen LogP contribution in [-0.4, -0.2) is 48.9 Å². The summed E-state index contributed by atoms with van der Waals surface area (Å²) in [6, 6.07) is 13.4. The van der Waals surface area contributed by atoms with Crippen LogP contribution in [0.25, 0.3) is 0 Å². The Labute approximate surface area is 172 Å². The molecule has 0 bridgehead atoms. The highest BCUT2D eigenvalue weighted by Gasteiger charge is 2.22. The number of carbonyl (C=O) groups is 1. The summed E-state index contributed by atoms with van der Waals surface area (Å²) < 4.78 is 26.8. The molecule has 0 aliphatic carbocycles. The van der Waals surface area contributed by atoms with Crippen molar-refractivity contribution in [1.29, 1.82) is 0 Å². The van der Waals surface area contributed by atoms with E-state index in [-0.39, 0.29) is 17.5 Å². The average molecular weight is 401 g/mol. The van der Waals surface area contributed by atoms with E-state index in [9.17, 15) is 13.6 Å². The van der Waals surface area contributed by atoms with Crippen molar-refractivity contribution in [3.63, 3.8) is 0 Å². The second-order valence-electron chi connectivity index (χ2n) is 8.05. The van der Waals surface area contributed by atoms with Crippen molar-refractivity contribution in [2.75, 3.05) is 33.2 Å². The Morgan fingerprint density at radius 2 is 1.86 bits per heavy atom. The third kappa shape index (κ3) is 6.64. The van der Waals surface area contributed by atoms with Crippen molar-refractivity contribution in [3.8, 4) is 0 Å². The van der Waals surface area contributed by atoms with Crippen LogP contribution in [-0.2, 0) is 17.6 Å². The predicted octanol–water partition coefficient (Wildman–Crippen LogP) is 4.31. The number of halogens is 2. The van der Waals surface area contributed by atoms with Crippen LogP contribution in [0, 0.1) is 17.6 Å². The first kappa shape index (κ1) is 21.4. The molecule has 3 rings (SSSR count). The Morgan fingerprint density at radius 3 is 2.62 bits per heavy atom. The van der Waals surface area contributed by atoms with Gasteiger partial charge in [-0.15, -0.1) is 0 Å². The van der Waals surface area contributed by atoms with Crippen LogP contribution in [0.4, 0.5) is 8.78 Å². The van der Waals surface area contributed by atoms with E-state index in [0.717, 1.165) is 51.0 Å². The van der Waals surface area contributed by atoms with Crippen LogP contribution in [0.1, 0.15) is 30.4 Å². The number of hydrogen-bond donors (Lipinski definition) is 0. The molecule has 1 aliphatic heterocycles. The minimum Gasteiger partial charge on any atom is -0.345 e. The van der Waals surface area contributed by atoms with Crippen LogP contribution in [0.3, 0.4) is 0 Å². The molecule has 29 heavy (non-hydrogen) atoms. The van der Waals surface area contributed by atoms with Crippen molar-refractivity contribution >= 4 is 5.91 Å². The highest BCUT2D eigenvalue weighted by molar-refractivity contribution is 5.76. The van der Waals surface area contributed by atoms with E-state index in [1.165, 1.54) is 18.2 Å². The zero-order valence-electron chi connectivity index (χ0n) is 17.1. The summed E-state index contributed by atoms with van der Waals surface area (Å²) in [4.78, 5) is 16.7. The van der Waals surface area contributed by atoms with E-state index in [4.69, 9.17) is 0 Å². The van der Waals surface area contributed by atoms with Crippen LogP contribution in [0.2, 0.25) is 0 Å². The largest absolute Gasteiger partial charge is 0.345 e. The Hall–Kier alpha value is -2.27. The molecule has 3 nitrogen and oxygen atoms in total. The van der Waals surface area contributed by atoms with E-state index in [1.54, 1.807) is 23.1 Å². The molecule has 1 atom stereocenters. The zero-order chi connectivity index (χ0) is 20.6. The Balaban J connectivity index is 1.42. The summed E-state index contributed by atoms with van der Waals surface area (Å²) in [6.07, 6.45) is 3.93. The number of nitrogens with zero attached hydrogens (tertiary/aromatic N) is 2. The van der Waals surface area contributed by atoms with E-state index >= 15 is 0 Å². The van der Waals surface area contributed by atoms with Gasteiger partial charge in [0.15, 0.2) is 0 Å². The maximum absolute atomic E-state index is 13.7. The van der Waals surface area contributed by atoms with Crippen molar-refractivity contribution in [2.24, 2.45) is 5.92 Å². The second-order valence-corrected chi connectivity index (χ2v) is 8.05. The van der Waals surface area contributed by atoms with Crippen molar-refractivity contribution in [2.45, 2.75) is 32.1 Å². The number of aryl methyl sites for hydroxylation is 1. The molecule has 1 amide bonds. The number of piperidine rings is 1. The molecule has 5 heteroatoms. The van der Waals surface area contributed by atoms with Gasteiger partial charge in [-0.25, -0.2) is 8.78 Å². The smallest absolute Gasteiger partial charge is 0.222 e. The van der Waals surface area contributed by atoms with E-state index < -0.39 is 0 Å². The number of benzene rings is 2. The van der Waals surface area contributed by atoms with E-state index in [2.05, 4.69) is 4.90 Å². The zero-order valence-corrected chi connectivity index (χ0v) is 17.1. The maximum atomic E-state index is 13.7. The van der Waals surface area contributed by atoms with Gasteiger partial charge in [-0.2, -0.15) is 0 Å². The summed E-state index contributed by atoms with van der Waals surface area (Å²) in [7, 11) is 1.85. The van der Waals surface area contributed by atoms with Crippen LogP contribution >= 0.6 is 0 Å². The minimum absolute atomic E-state index is 0.0664. The molecule has 0 radical (unpaired) electrons. The number of rotatable bonds is 8. The molecular weight excluding hydrogens is 370 g/mol. The van der Waals surface area contributed by atoms with Gasteiger partial charge in [0.05, 0.1) is 0 Å². The molecule has 0 saturated carbocycles. The first-order chi connectivity index (χ1) is 14.0. The fraction of sp³-hybridized carbons (Fsp3) is 0.458. The fourth-order valence-corrected chi connectivity index (χ4v) is 4.06. The molecule has 1 saturated heterocycles. The predicted molar refractivity (Wildman–Crippen MR) is 112 cm³/mol. The highest BCUT2D eigenvalue weighted by atomic mass is 19.1. The molecular formula is C24H30F2N2O. The number of hydrogen-bond acceptors (Lipinski definition) is 2. The van der Waals surface area contributed by atoms with Gasteiger partial charge < -0.3 is 9.80 Å². The van der Waals surface area contributed by atoms with E-state index in [0.29, 0.717) is 24.3 Å². The molecule has 2 aromatic rings. The Kier molecular flexibility index (Phi) is 7.76. The second kappa shape index (κ2) is 10.5. The number of likely N-dealkylation sites (tertiary alicyclic amines) is 1. The first-order valence-electron chi connectivity index (χ1n) is 10.5. The van der Waals surface area contributed by atoms with Gasteiger partial charge >= 0.3 is 0 Å². The summed E-state index contributed by atoms with van der Waals surface area (Å²) in [5, 5.41) is 0. The average Bonchev–Trinajstić information content (AvgIpc) is 2.73. The van der Waals surface area contributed by atoms with Crippen molar-refractivity contribution in [3.05, 3.63) is 71.3 Å². The lowest BCUT2D eigenvalue weighted by molar-refractivity contribution is -0.130. The highest BCUT2D eigenvalue weighted by Crippen LogP contribution is 2.19. The van der Waals surface area contributed by atoms with Gasteiger partial charge in [-0.1, -0.05) is 30.3 Å². The Morgan fingerprint density at radius 1 is 1.10 bits per heavy atom. The molecule has 1 fully saturated rings. The van der Waals surface area contributed by atoms with Crippen LogP contribution < -0.4 is 0 Å². The molecule has 0 spiro atoms. The topological polar surface area (TPSA) is 23.6 Å². The molecule has 1 aliphatic rings. The number of amides is 1. The van der Waals surface area contributed by atoms with Gasteiger partial charge in [0.1, 0.15) is 11.6 Å². The molecule has 156 valence electrons. The monoisotopic (exact) mass is 400 g/mol. The standard InChI is InChI=1S/C24H30F2N2O/c1-27(24(29)13-10-21-6-2-3-7-23(21)26)17-20-5-4-15-28(18-20)16-14-19-8-11-22(25)12-9-19/h2-3,6-9,11-12,20H,4-5,10,13-18H2,1H3/t20-/m1/s1. The SMILES string of the molecule is CN(C[C@H]1CCCN(CCc2ccc(F)cc2)C1)C(=O)CCc1ccccc1F. The van der Waals surface area contributed by atoms with Crippen molar-refractivity contribution < 1.29 is 13.6 Å². The lowest BCUT2D eigenvalue weighted by Gasteiger charge is -2.34. The van der Waals surface area contributed by atoms with E-state index in [1.807, 2.05) is 19.2 Å². The quantitative estimate of drug-likeness (QED) is 0.659. The Bertz CT molecular complexity index is 794. The normalized spacial score (nSPS) is 17.3. The van der Waals surface area contributed by atoms with Gasteiger partial charge in [-0.05, 0) is 67.5 Å². The van der Waals surface area contributed by atoms with Gasteiger partial charge in [0, 0.05) is 33.1 Å². The third-order valence-electron chi connectivity index (χ3n) is 5.76. The van der Waals surface area contributed by atoms with Gasteiger partial charge in [0.25, 0.3) is 0 Å². The first-order valence-corrected chi connectivity index (χ1v) is 10.5. The minimum atomic E-state index is -0.243. The molecule has 0 N–H and O–H groups in total. The van der Waals surface area contributed by atoms with Gasteiger partial charge in [-0.3, -0.25) is 4.79 Å². The van der Waals surface area contributed by atoms with Crippen LogP contribution in [0.15, 0.2) is 48.5 Å². The van der Waals surface area contributed by atoms with Gasteiger partial charge in [0.2, 0.25) is 5.91 Å². The molecule has 1 heterocycles. The summed E-state index contributed by atoms with van der Waals surface area (Å²) in [5.41, 5.74) is 1.74. The summed E-state index contributed by atoms with van der Waals surface area (Å²) in [5.74, 6) is 0.0811. The summed E-state index contributed by atoms with van der Waals surface area (Å²) >= 11 is 0. The number of carbonyl (C=O) groups excluding carboxylic acids is 1. The van der Waals surface area contributed by atoms with Crippen molar-refractivity contribution in [1.82, 2.24) is 9.80 Å². The lowest BCUT2D eigenvalue weighted by atomic mass is 9.96. The van der Waals surface area contributed by atoms with Crippen LogP contribution in [0.5, 0.6) is 0 Å². The third-order valence-corrected chi connectivity index (χ3v) is 5.76. The molecule has 2 aromatic carbocycles. The molecule has 0 unspecified atom stereocenters. The molecule has 0 aromatic heterocycles. The maximum Gasteiger partial charge on any atom is 0.222 e. The summed E-state index contributed by atoms with van der Waals surface area (Å²) in [6.45, 7) is 3.74. The lowest BCUT2D eigenvalue weighted by Crippen LogP contribution is -2.42.